The zero-order valence-electron chi connectivity index (χ0n) is 18.5. The second-order valence-corrected chi connectivity index (χ2v) is 11.3. The SMILES string of the molecule is Cc1nc(NC(=O)C2CC3CCC2C[C@@]32NC(=O)c3ccccc3N2)sc1C(C)(C)C. The number of aromatic nitrogens is 1. The standard InChI is InChI=1S/C24H30N4O2S/c1-13-19(23(2,3)4)31-22(25-13)26-20(29)17-11-15-10-9-14(17)12-24(15)27-18-8-6-5-7-16(18)21(30)28-24/h5-8,14-15,17,27H,9-12H2,1-4H3,(H,28,30)(H,25,26,29)/t14?,15?,17?,24-/m1/s1. The normalized spacial score (nSPS) is 29.3. The molecule has 1 aromatic carbocycles. The van der Waals surface area contributed by atoms with E-state index < -0.39 is 5.66 Å². The van der Waals surface area contributed by atoms with E-state index in [-0.39, 0.29) is 35.0 Å². The average Bonchev–Trinajstić information content (AvgIpc) is 3.08. The number of rotatable bonds is 2. The molecule has 3 saturated carbocycles. The maximum Gasteiger partial charge on any atom is 0.255 e. The van der Waals surface area contributed by atoms with Crippen molar-refractivity contribution >= 4 is 34.0 Å². The molecular formula is C24H30N4O2S. The van der Waals surface area contributed by atoms with Gasteiger partial charge in [-0.25, -0.2) is 4.98 Å². The Morgan fingerprint density at radius 1 is 1.23 bits per heavy atom. The number of fused-ring (bicyclic) bond motifs is 3. The number of anilines is 2. The lowest BCUT2D eigenvalue weighted by Crippen LogP contribution is -2.67. The van der Waals surface area contributed by atoms with Crippen LogP contribution < -0.4 is 16.0 Å². The van der Waals surface area contributed by atoms with Crippen LogP contribution in [-0.4, -0.2) is 22.5 Å². The van der Waals surface area contributed by atoms with E-state index in [0.29, 0.717) is 10.7 Å². The largest absolute Gasteiger partial charge is 0.362 e. The Morgan fingerprint density at radius 2 is 2.00 bits per heavy atom. The molecule has 7 heteroatoms. The first kappa shape index (κ1) is 20.5. The number of carbonyl (C=O) groups excluding carboxylic acids is 2. The van der Waals surface area contributed by atoms with Gasteiger partial charge in [0.2, 0.25) is 5.91 Å². The first-order chi connectivity index (χ1) is 14.7. The van der Waals surface area contributed by atoms with Crippen LogP contribution >= 0.6 is 11.3 Å². The van der Waals surface area contributed by atoms with E-state index in [1.165, 1.54) is 4.88 Å². The van der Waals surface area contributed by atoms with Gasteiger partial charge in [-0.15, -0.1) is 11.3 Å². The van der Waals surface area contributed by atoms with Crippen molar-refractivity contribution in [2.24, 2.45) is 17.8 Å². The number of nitrogens with zero attached hydrogens (tertiary/aromatic N) is 1. The van der Waals surface area contributed by atoms with Crippen LogP contribution in [0.1, 0.15) is 67.4 Å². The third-order valence-corrected chi connectivity index (χ3v) is 8.68. The summed E-state index contributed by atoms with van der Waals surface area (Å²) < 4.78 is 0. The van der Waals surface area contributed by atoms with Crippen molar-refractivity contribution in [3.05, 3.63) is 40.4 Å². The van der Waals surface area contributed by atoms with E-state index in [2.05, 4.69) is 41.7 Å². The summed E-state index contributed by atoms with van der Waals surface area (Å²) in [6.07, 6.45) is 3.60. The van der Waals surface area contributed by atoms with Crippen LogP contribution in [0.3, 0.4) is 0 Å². The highest BCUT2D eigenvalue weighted by Gasteiger charge is 2.55. The number of aryl methyl sites for hydroxylation is 1. The molecule has 4 aliphatic rings. The molecule has 1 aromatic heterocycles. The average molecular weight is 439 g/mol. The summed E-state index contributed by atoms with van der Waals surface area (Å²) in [5.74, 6) is 0.486. The van der Waals surface area contributed by atoms with E-state index in [1.807, 2.05) is 31.2 Å². The topological polar surface area (TPSA) is 83.1 Å². The molecule has 3 N–H and O–H groups in total. The summed E-state index contributed by atoms with van der Waals surface area (Å²) >= 11 is 1.58. The van der Waals surface area contributed by atoms with E-state index in [0.717, 1.165) is 37.1 Å². The van der Waals surface area contributed by atoms with E-state index in [9.17, 15) is 9.59 Å². The van der Waals surface area contributed by atoms with Gasteiger partial charge in [0.15, 0.2) is 5.13 Å². The molecule has 1 spiro atoms. The molecule has 164 valence electrons. The Labute approximate surface area is 187 Å². The predicted octanol–water partition coefficient (Wildman–Crippen LogP) is 4.68. The number of hydrogen-bond acceptors (Lipinski definition) is 5. The molecular weight excluding hydrogens is 408 g/mol. The minimum absolute atomic E-state index is 0.0160. The number of para-hydroxylation sites is 1. The summed E-state index contributed by atoms with van der Waals surface area (Å²) in [5, 5.41) is 10.7. The fourth-order valence-corrected chi connectivity index (χ4v) is 6.84. The fraction of sp³-hybridized carbons (Fsp3) is 0.542. The van der Waals surface area contributed by atoms with Crippen LogP contribution in [0.5, 0.6) is 0 Å². The molecule has 1 aliphatic heterocycles. The van der Waals surface area contributed by atoms with Crippen molar-refractivity contribution in [1.29, 1.82) is 0 Å². The highest BCUT2D eigenvalue weighted by atomic mass is 32.1. The quantitative estimate of drug-likeness (QED) is 0.636. The van der Waals surface area contributed by atoms with Gasteiger partial charge in [0, 0.05) is 22.4 Å². The van der Waals surface area contributed by atoms with Crippen molar-refractivity contribution in [1.82, 2.24) is 10.3 Å². The Balaban J connectivity index is 1.33. The van der Waals surface area contributed by atoms with Gasteiger partial charge in [-0.2, -0.15) is 0 Å². The van der Waals surface area contributed by atoms with Gasteiger partial charge in [0.1, 0.15) is 5.66 Å². The van der Waals surface area contributed by atoms with E-state index in [1.54, 1.807) is 11.3 Å². The zero-order valence-corrected chi connectivity index (χ0v) is 19.4. The van der Waals surface area contributed by atoms with Gasteiger partial charge in [-0.3, -0.25) is 9.59 Å². The van der Waals surface area contributed by atoms with Crippen molar-refractivity contribution in [3.63, 3.8) is 0 Å². The van der Waals surface area contributed by atoms with Crippen LogP contribution in [-0.2, 0) is 10.2 Å². The van der Waals surface area contributed by atoms with Gasteiger partial charge < -0.3 is 16.0 Å². The molecule has 0 radical (unpaired) electrons. The number of thiazole rings is 1. The molecule has 4 atom stereocenters. The molecule has 3 fully saturated rings. The Morgan fingerprint density at radius 3 is 2.68 bits per heavy atom. The number of carbonyl (C=O) groups is 2. The van der Waals surface area contributed by atoms with Gasteiger partial charge in [0.25, 0.3) is 5.91 Å². The number of nitrogens with one attached hydrogen (secondary N) is 3. The lowest BCUT2D eigenvalue weighted by atomic mass is 9.58. The van der Waals surface area contributed by atoms with Gasteiger partial charge >= 0.3 is 0 Å². The van der Waals surface area contributed by atoms with E-state index >= 15 is 0 Å². The van der Waals surface area contributed by atoms with Crippen LogP contribution in [0.25, 0.3) is 0 Å². The first-order valence-electron chi connectivity index (χ1n) is 11.1. The van der Waals surface area contributed by atoms with Crippen LogP contribution in [0.15, 0.2) is 24.3 Å². The monoisotopic (exact) mass is 438 g/mol. The van der Waals surface area contributed by atoms with Crippen molar-refractivity contribution < 1.29 is 9.59 Å². The molecule has 3 aliphatic carbocycles. The summed E-state index contributed by atoms with van der Waals surface area (Å²) in [6.45, 7) is 8.52. The summed E-state index contributed by atoms with van der Waals surface area (Å²) in [6, 6.07) is 7.66. The second kappa shape index (κ2) is 7.05. The lowest BCUT2D eigenvalue weighted by Gasteiger charge is -2.56. The number of hydrogen-bond donors (Lipinski definition) is 3. The smallest absolute Gasteiger partial charge is 0.255 e. The highest BCUT2D eigenvalue weighted by Crippen LogP contribution is 2.52. The maximum atomic E-state index is 13.2. The van der Waals surface area contributed by atoms with Crippen molar-refractivity contribution in [2.75, 3.05) is 10.6 Å². The van der Waals surface area contributed by atoms with Crippen molar-refractivity contribution in [3.8, 4) is 0 Å². The molecule has 3 unspecified atom stereocenters. The predicted molar refractivity (Wildman–Crippen MR) is 123 cm³/mol. The Kier molecular flexibility index (Phi) is 4.66. The number of amides is 2. The third kappa shape index (κ3) is 3.43. The molecule has 2 heterocycles. The van der Waals surface area contributed by atoms with E-state index in [4.69, 9.17) is 0 Å². The van der Waals surface area contributed by atoms with Gasteiger partial charge in [-0.05, 0) is 56.1 Å². The van der Waals surface area contributed by atoms with Crippen LogP contribution in [0.4, 0.5) is 10.8 Å². The minimum Gasteiger partial charge on any atom is -0.362 e. The van der Waals surface area contributed by atoms with Crippen LogP contribution in [0, 0.1) is 24.7 Å². The minimum atomic E-state index is -0.442. The maximum absolute atomic E-state index is 13.2. The molecule has 31 heavy (non-hydrogen) atoms. The Hall–Kier alpha value is -2.41. The molecule has 6 nitrogen and oxygen atoms in total. The van der Waals surface area contributed by atoms with Crippen LogP contribution in [0.2, 0.25) is 0 Å². The third-order valence-electron chi connectivity index (χ3n) is 7.19. The van der Waals surface area contributed by atoms with Crippen molar-refractivity contribution in [2.45, 2.75) is 64.5 Å². The molecule has 2 bridgehead atoms. The van der Waals surface area contributed by atoms with Gasteiger partial charge in [-0.1, -0.05) is 32.9 Å². The highest BCUT2D eigenvalue weighted by molar-refractivity contribution is 7.16. The number of benzene rings is 1. The molecule has 0 saturated heterocycles. The second-order valence-electron chi connectivity index (χ2n) is 10.3. The lowest BCUT2D eigenvalue weighted by molar-refractivity contribution is -0.126. The molecule has 6 rings (SSSR count). The summed E-state index contributed by atoms with van der Waals surface area (Å²) in [4.78, 5) is 31.8. The summed E-state index contributed by atoms with van der Waals surface area (Å²) in [7, 11) is 0. The molecule has 2 amide bonds. The first-order valence-corrected chi connectivity index (χ1v) is 12.0. The summed E-state index contributed by atoms with van der Waals surface area (Å²) in [5.41, 5.74) is 2.15. The molecule has 2 aromatic rings. The Bertz CT molecular complexity index is 1060. The fourth-order valence-electron chi connectivity index (χ4n) is 5.81. The zero-order chi connectivity index (χ0) is 22.0. The van der Waals surface area contributed by atoms with Gasteiger partial charge in [0.05, 0.1) is 11.3 Å².